The van der Waals surface area contributed by atoms with Gasteiger partial charge in [0.2, 0.25) is 0 Å². The molecule has 3 heteroatoms. The molecule has 0 radical (unpaired) electrons. The van der Waals surface area contributed by atoms with Crippen molar-refractivity contribution in [3.05, 3.63) is 0 Å². The van der Waals surface area contributed by atoms with Crippen molar-refractivity contribution in [3.8, 4) is 0 Å². The van der Waals surface area contributed by atoms with Gasteiger partial charge in [-0.15, -0.1) is 0 Å². The molecular weight excluding hydrogens is 132 g/mol. The molecule has 1 fully saturated rings. The molecule has 3 nitrogen and oxygen atoms in total. The molecule has 1 saturated heterocycles. The molecule has 10 heavy (non-hydrogen) atoms. The molecule has 0 aromatic heterocycles. The molecule has 0 aromatic rings. The summed E-state index contributed by atoms with van der Waals surface area (Å²) in [4.78, 5) is 10.6. The number of hydrogen-bond acceptors (Lipinski definition) is 3. The summed E-state index contributed by atoms with van der Waals surface area (Å²) < 4.78 is 4.78. The van der Waals surface area contributed by atoms with E-state index in [0.717, 1.165) is 12.8 Å². The summed E-state index contributed by atoms with van der Waals surface area (Å²) in [7, 11) is 0. The molecule has 1 unspecified atom stereocenters. The Labute approximate surface area is 60.0 Å². The number of carbonyl (C=O) groups is 1. The zero-order valence-electron chi connectivity index (χ0n) is 5.88. The maximum absolute atomic E-state index is 10.6. The van der Waals surface area contributed by atoms with Crippen LogP contribution in [0.4, 0.5) is 0 Å². The van der Waals surface area contributed by atoms with Crippen molar-refractivity contribution in [2.75, 3.05) is 13.2 Å². The molecule has 1 aliphatic rings. The van der Waals surface area contributed by atoms with Crippen LogP contribution in [0, 0.1) is 5.92 Å². The van der Waals surface area contributed by atoms with E-state index in [4.69, 9.17) is 9.84 Å². The minimum atomic E-state index is -0.129. The number of hydrogen-bond donors (Lipinski definition) is 1. The van der Waals surface area contributed by atoms with Crippen LogP contribution in [0.5, 0.6) is 0 Å². The summed E-state index contributed by atoms with van der Waals surface area (Å²) >= 11 is 0. The second kappa shape index (κ2) is 3.56. The molecule has 58 valence electrons. The van der Waals surface area contributed by atoms with E-state index in [1.807, 2.05) is 0 Å². The van der Waals surface area contributed by atoms with Gasteiger partial charge in [0.1, 0.15) is 0 Å². The van der Waals surface area contributed by atoms with Crippen molar-refractivity contribution >= 4 is 5.97 Å². The smallest absolute Gasteiger partial charge is 0.305 e. The van der Waals surface area contributed by atoms with E-state index in [0.29, 0.717) is 13.0 Å². The first-order valence-corrected chi connectivity index (χ1v) is 3.59. The lowest BCUT2D eigenvalue weighted by Gasteiger charge is -2.05. The summed E-state index contributed by atoms with van der Waals surface area (Å²) in [6.07, 6.45) is 2.04. The van der Waals surface area contributed by atoms with Gasteiger partial charge < -0.3 is 9.84 Å². The molecule has 1 aliphatic heterocycles. The molecule has 0 aliphatic carbocycles. The van der Waals surface area contributed by atoms with Crippen molar-refractivity contribution in [1.82, 2.24) is 0 Å². The average Bonchev–Trinajstić information content (AvgIpc) is 2.14. The van der Waals surface area contributed by atoms with Crippen LogP contribution in [0.25, 0.3) is 0 Å². The van der Waals surface area contributed by atoms with Gasteiger partial charge in [0.05, 0.1) is 6.61 Å². The lowest BCUT2D eigenvalue weighted by atomic mass is 10.0. The third kappa shape index (κ3) is 1.99. The lowest BCUT2D eigenvalue weighted by Crippen LogP contribution is -2.05. The topological polar surface area (TPSA) is 46.5 Å². The third-order valence-electron chi connectivity index (χ3n) is 1.80. The Balaban J connectivity index is 2.33. The zero-order chi connectivity index (χ0) is 7.40. The second-order valence-electron chi connectivity index (χ2n) is 2.60. The molecule has 0 bridgehead atoms. The molecule has 0 aromatic carbocycles. The van der Waals surface area contributed by atoms with Crippen LogP contribution in [-0.2, 0) is 9.53 Å². The monoisotopic (exact) mass is 144 g/mol. The van der Waals surface area contributed by atoms with E-state index in [1.165, 1.54) is 0 Å². The molecular formula is C7H12O3. The summed E-state index contributed by atoms with van der Waals surface area (Å²) in [5.74, 6) is 0.141. The predicted octanol–water partition coefficient (Wildman–Crippen LogP) is 0.322. The molecule has 0 amide bonds. The Morgan fingerprint density at radius 1 is 1.60 bits per heavy atom. The quantitative estimate of drug-likeness (QED) is 0.539. The summed E-state index contributed by atoms with van der Waals surface area (Å²) in [5.41, 5.74) is 0. The first-order valence-electron chi connectivity index (χ1n) is 3.59. The third-order valence-corrected chi connectivity index (χ3v) is 1.80. The molecule has 1 heterocycles. The minimum absolute atomic E-state index is 0.129. The van der Waals surface area contributed by atoms with Gasteiger partial charge in [-0.05, 0) is 18.8 Å². The number of ether oxygens (including phenoxy) is 1. The maximum atomic E-state index is 10.6. The number of aliphatic hydroxyl groups is 1. The van der Waals surface area contributed by atoms with Crippen LogP contribution in [0.2, 0.25) is 0 Å². The van der Waals surface area contributed by atoms with Gasteiger partial charge in [-0.3, -0.25) is 4.79 Å². The van der Waals surface area contributed by atoms with Gasteiger partial charge in [-0.1, -0.05) is 0 Å². The van der Waals surface area contributed by atoms with Gasteiger partial charge in [0, 0.05) is 13.0 Å². The van der Waals surface area contributed by atoms with Crippen molar-refractivity contribution in [2.45, 2.75) is 19.3 Å². The highest BCUT2D eigenvalue weighted by Gasteiger charge is 2.15. The fourth-order valence-corrected chi connectivity index (χ4v) is 1.06. The van der Waals surface area contributed by atoms with Crippen LogP contribution in [0.3, 0.4) is 0 Å². The number of aliphatic hydroxyl groups excluding tert-OH is 1. The number of cyclic esters (lactones) is 1. The van der Waals surface area contributed by atoms with Crippen molar-refractivity contribution in [3.63, 3.8) is 0 Å². The van der Waals surface area contributed by atoms with Gasteiger partial charge in [0.15, 0.2) is 0 Å². The number of rotatable bonds is 1. The normalized spacial score (nSPS) is 27.3. The predicted molar refractivity (Wildman–Crippen MR) is 35.4 cm³/mol. The van der Waals surface area contributed by atoms with E-state index in [9.17, 15) is 4.79 Å². The molecule has 1 atom stereocenters. The van der Waals surface area contributed by atoms with E-state index in [1.54, 1.807) is 0 Å². The first-order chi connectivity index (χ1) is 4.83. The van der Waals surface area contributed by atoms with E-state index in [2.05, 4.69) is 0 Å². The maximum Gasteiger partial charge on any atom is 0.305 e. The first kappa shape index (κ1) is 7.54. The highest BCUT2D eigenvalue weighted by atomic mass is 16.5. The Kier molecular flexibility index (Phi) is 2.68. The van der Waals surface area contributed by atoms with Crippen LogP contribution >= 0.6 is 0 Å². The van der Waals surface area contributed by atoms with Crippen molar-refractivity contribution in [2.24, 2.45) is 5.92 Å². The lowest BCUT2D eigenvalue weighted by molar-refractivity contribution is -0.142. The van der Waals surface area contributed by atoms with Crippen molar-refractivity contribution < 1.29 is 14.6 Å². The van der Waals surface area contributed by atoms with E-state index in [-0.39, 0.29) is 18.5 Å². The van der Waals surface area contributed by atoms with Gasteiger partial charge >= 0.3 is 5.97 Å². The van der Waals surface area contributed by atoms with Crippen LogP contribution in [-0.4, -0.2) is 24.3 Å². The Morgan fingerprint density at radius 2 is 2.40 bits per heavy atom. The summed E-state index contributed by atoms with van der Waals surface area (Å²) in [6.45, 7) is 0.653. The van der Waals surface area contributed by atoms with Crippen LogP contribution in [0.1, 0.15) is 19.3 Å². The average molecular weight is 144 g/mol. The largest absolute Gasteiger partial charge is 0.466 e. The highest BCUT2D eigenvalue weighted by molar-refractivity contribution is 5.69. The molecule has 0 saturated carbocycles. The van der Waals surface area contributed by atoms with Gasteiger partial charge in [-0.2, -0.15) is 0 Å². The zero-order valence-corrected chi connectivity index (χ0v) is 5.88. The Bertz CT molecular complexity index is 122. The standard InChI is InChI=1S/C7H12O3/c8-5-6-1-2-7(9)10-4-3-6/h6,8H,1-5H2. The van der Waals surface area contributed by atoms with Crippen molar-refractivity contribution in [1.29, 1.82) is 0 Å². The fraction of sp³-hybridized carbons (Fsp3) is 0.857. The molecule has 0 spiro atoms. The number of esters is 1. The Morgan fingerprint density at radius 3 is 3.10 bits per heavy atom. The van der Waals surface area contributed by atoms with Crippen LogP contribution < -0.4 is 0 Å². The fourth-order valence-electron chi connectivity index (χ4n) is 1.06. The number of carbonyl (C=O) groups excluding carboxylic acids is 1. The summed E-state index contributed by atoms with van der Waals surface area (Å²) in [6, 6.07) is 0. The Hall–Kier alpha value is -0.570. The van der Waals surface area contributed by atoms with Gasteiger partial charge in [-0.25, -0.2) is 0 Å². The SMILES string of the molecule is O=C1CCC(CO)CCO1. The van der Waals surface area contributed by atoms with E-state index < -0.39 is 0 Å². The van der Waals surface area contributed by atoms with E-state index >= 15 is 0 Å². The minimum Gasteiger partial charge on any atom is -0.466 e. The highest BCUT2D eigenvalue weighted by Crippen LogP contribution is 2.14. The second-order valence-corrected chi connectivity index (χ2v) is 2.60. The molecule has 1 rings (SSSR count). The van der Waals surface area contributed by atoms with Crippen LogP contribution in [0.15, 0.2) is 0 Å². The van der Waals surface area contributed by atoms with Gasteiger partial charge in [0.25, 0.3) is 0 Å². The summed E-state index contributed by atoms with van der Waals surface area (Å²) in [5, 5.41) is 8.74. The molecule has 1 N–H and O–H groups in total.